The van der Waals surface area contributed by atoms with Crippen LogP contribution in [0.15, 0.2) is 24.3 Å². The molecule has 2 aliphatic rings. The molecule has 4 rings (SSSR count). The topological polar surface area (TPSA) is 71.2 Å². The summed E-state index contributed by atoms with van der Waals surface area (Å²) in [4.78, 5) is 15.9. The van der Waals surface area contributed by atoms with Gasteiger partial charge in [0.05, 0.1) is 6.04 Å². The zero-order chi connectivity index (χ0) is 16.7. The molecule has 1 unspecified atom stereocenters. The second-order valence-electron chi connectivity index (χ2n) is 6.13. The number of alkyl halides is 2. The van der Waals surface area contributed by atoms with Crippen molar-refractivity contribution >= 4 is 17.6 Å². The maximum atomic E-state index is 12.9. The van der Waals surface area contributed by atoms with E-state index in [9.17, 15) is 8.78 Å². The molecule has 6 nitrogen and oxygen atoms in total. The van der Waals surface area contributed by atoms with Gasteiger partial charge in [-0.15, -0.1) is 0 Å². The van der Waals surface area contributed by atoms with Crippen molar-refractivity contribution in [3.05, 3.63) is 35.7 Å². The van der Waals surface area contributed by atoms with Gasteiger partial charge in [0.2, 0.25) is 17.7 Å². The van der Waals surface area contributed by atoms with Crippen molar-refractivity contribution in [1.82, 2.24) is 15.0 Å². The third kappa shape index (κ3) is 2.61. The highest BCUT2D eigenvalue weighted by molar-refractivity contribution is 5.60. The summed E-state index contributed by atoms with van der Waals surface area (Å²) in [6.45, 7) is 2.32. The molecule has 0 saturated carbocycles. The Morgan fingerprint density at radius 3 is 2.79 bits per heavy atom. The van der Waals surface area contributed by atoms with Crippen LogP contribution >= 0.6 is 0 Å². The second-order valence-corrected chi connectivity index (χ2v) is 6.13. The minimum absolute atomic E-state index is 0.161. The van der Waals surface area contributed by atoms with Gasteiger partial charge in [-0.3, -0.25) is 0 Å². The van der Waals surface area contributed by atoms with Gasteiger partial charge < -0.3 is 15.5 Å². The maximum Gasteiger partial charge on any atom is 0.297 e. The number of nitrogens with zero attached hydrogens (tertiary/aromatic N) is 5. The zero-order valence-electron chi connectivity index (χ0n) is 13.1. The molecule has 0 amide bonds. The zero-order valence-corrected chi connectivity index (χ0v) is 13.1. The molecular formula is C16H18F2N6. The third-order valence-electron chi connectivity index (χ3n) is 4.59. The molecule has 1 aromatic carbocycles. The fraction of sp³-hybridized carbons (Fsp3) is 0.438. The van der Waals surface area contributed by atoms with E-state index in [1.165, 1.54) is 11.3 Å². The highest BCUT2D eigenvalue weighted by Gasteiger charge is 2.33. The number of hydrogen-bond donors (Lipinski definition) is 1. The van der Waals surface area contributed by atoms with Crippen LogP contribution in [0.3, 0.4) is 0 Å². The molecule has 1 atom stereocenters. The molecule has 1 fully saturated rings. The van der Waals surface area contributed by atoms with Crippen LogP contribution in [0.2, 0.25) is 0 Å². The number of hydrogen-bond acceptors (Lipinski definition) is 6. The molecule has 0 bridgehead atoms. The molecule has 2 aromatic rings. The van der Waals surface area contributed by atoms with Crippen molar-refractivity contribution in [2.24, 2.45) is 0 Å². The second kappa shape index (κ2) is 5.85. The van der Waals surface area contributed by atoms with Crippen LogP contribution in [-0.2, 0) is 6.42 Å². The smallest absolute Gasteiger partial charge is 0.297 e. The van der Waals surface area contributed by atoms with Gasteiger partial charge in [-0.05, 0) is 24.5 Å². The quantitative estimate of drug-likeness (QED) is 0.907. The minimum atomic E-state index is -2.76. The first-order valence-corrected chi connectivity index (χ1v) is 8.01. The summed E-state index contributed by atoms with van der Waals surface area (Å²) in [6, 6.07) is 8.67. The molecule has 0 aliphatic carbocycles. The van der Waals surface area contributed by atoms with Gasteiger partial charge in [-0.2, -0.15) is 15.0 Å². The standard InChI is InChI=1S/C16H18F2N6/c17-13(18)14-20-15(19)22-16(21-14)23-6-3-7-24-11(9-23)8-10-4-1-2-5-12(10)24/h1-2,4-5,11,13H,3,6-9H2,(H2,19,20,21,22). The molecular weight excluding hydrogens is 314 g/mol. The molecule has 2 aliphatic heterocycles. The summed E-state index contributed by atoms with van der Waals surface area (Å²) in [5, 5.41) is 0. The van der Waals surface area contributed by atoms with Crippen LogP contribution in [0.1, 0.15) is 24.2 Å². The molecule has 3 heterocycles. The summed E-state index contributed by atoms with van der Waals surface area (Å²) in [7, 11) is 0. The molecule has 126 valence electrons. The maximum absolute atomic E-state index is 12.9. The first-order chi connectivity index (χ1) is 11.6. The normalized spacial score (nSPS) is 20.0. The predicted molar refractivity (Wildman–Crippen MR) is 87.3 cm³/mol. The van der Waals surface area contributed by atoms with Crippen molar-refractivity contribution in [2.45, 2.75) is 25.3 Å². The van der Waals surface area contributed by atoms with E-state index in [1.807, 2.05) is 17.0 Å². The van der Waals surface area contributed by atoms with E-state index in [4.69, 9.17) is 5.73 Å². The number of rotatable bonds is 2. The summed E-state index contributed by atoms with van der Waals surface area (Å²) in [6.07, 6.45) is -0.914. The van der Waals surface area contributed by atoms with Gasteiger partial charge in [-0.25, -0.2) is 8.78 Å². The number of aromatic nitrogens is 3. The Morgan fingerprint density at radius 2 is 1.96 bits per heavy atom. The van der Waals surface area contributed by atoms with Crippen LogP contribution < -0.4 is 15.5 Å². The number of benzene rings is 1. The number of para-hydroxylation sites is 1. The van der Waals surface area contributed by atoms with Crippen LogP contribution in [0.5, 0.6) is 0 Å². The van der Waals surface area contributed by atoms with Crippen LogP contribution in [0.25, 0.3) is 0 Å². The number of nitrogen functional groups attached to an aromatic ring is 1. The highest BCUT2D eigenvalue weighted by atomic mass is 19.3. The van der Waals surface area contributed by atoms with E-state index < -0.39 is 12.2 Å². The van der Waals surface area contributed by atoms with Gasteiger partial charge in [0, 0.05) is 25.3 Å². The number of anilines is 3. The average Bonchev–Trinajstić information content (AvgIpc) is 2.77. The van der Waals surface area contributed by atoms with Gasteiger partial charge >= 0.3 is 0 Å². The Balaban J connectivity index is 1.61. The van der Waals surface area contributed by atoms with Crippen LogP contribution in [0.4, 0.5) is 26.4 Å². The predicted octanol–water partition coefficient (Wildman–Crippen LogP) is 2.03. The highest BCUT2D eigenvalue weighted by Crippen LogP contribution is 2.34. The van der Waals surface area contributed by atoms with Gasteiger partial charge in [-0.1, -0.05) is 18.2 Å². The lowest BCUT2D eigenvalue weighted by Crippen LogP contribution is -2.39. The number of nitrogens with two attached hydrogens (primary N) is 1. The van der Waals surface area contributed by atoms with E-state index in [-0.39, 0.29) is 17.9 Å². The van der Waals surface area contributed by atoms with E-state index in [2.05, 4.69) is 32.0 Å². The van der Waals surface area contributed by atoms with Gasteiger partial charge in [0.25, 0.3) is 6.43 Å². The molecule has 0 radical (unpaired) electrons. The fourth-order valence-electron chi connectivity index (χ4n) is 3.59. The summed E-state index contributed by atoms with van der Waals surface area (Å²) >= 11 is 0. The Labute approximate surface area is 138 Å². The Morgan fingerprint density at radius 1 is 1.12 bits per heavy atom. The molecule has 2 N–H and O–H groups in total. The van der Waals surface area contributed by atoms with E-state index in [0.29, 0.717) is 13.1 Å². The van der Waals surface area contributed by atoms with Crippen molar-refractivity contribution in [3.63, 3.8) is 0 Å². The van der Waals surface area contributed by atoms with E-state index in [0.717, 1.165) is 19.4 Å². The molecule has 0 spiro atoms. The van der Waals surface area contributed by atoms with Crippen LogP contribution in [0, 0.1) is 0 Å². The Hall–Kier alpha value is -2.51. The van der Waals surface area contributed by atoms with Crippen molar-refractivity contribution in [1.29, 1.82) is 0 Å². The lowest BCUT2D eigenvalue weighted by molar-refractivity contribution is 0.140. The van der Waals surface area contributed by atoms with Crippen molar-refractivity contribution in [3.8, 4) is 0 Å². The first-order valence-electron chi connectivity index (χ1n) is 8.01. The summed E-state index contributed by atoms with van der Waals surface area (Å²) in [5.74, 6) is -0.477. The Bertz CT molecular complexity index is 753. The first kappa shape index (κ1) is 15.0. The molecule has 1 aromatic heterocycles. The van der Waals surface area contributed by atoms with E-state index in [1.54, 1.807) is 0 Å². The molecule has 24 heavy (non-hydrogen) atoms. The van der Waals surface area contributed by atoms with Gasteiger partial charge in [0.1, 0.15) is 0 Å². The van der Waals surface area contributed by atoms with Gasteiger partial charge in [0.15, 0.2) is 0 Å². The lowest BCUT2D eigenvalue weighted by atomic mass is 10.1. The summed E-state index contributed by atoms with van der Waals surface area (Å²) in [5.41, 5.74) is 8.18. The average molecular weight is 332 g/mol. The largest absolute Gasteiger partial charge is 0.368 e. The van der Waals surface area contributed by atoms with Crippen LogP contribution in [-0.4, -0.2) is 40.6 Å². The fourth-order valence-corrected chi connectivity index (χ4v) is 3.59. The monoisotopic (exact) mass is 332 g/mol. The van der Waals surface area contributed by atoms with Crippen molar-refractivity contribution in [2.75, 3.05) is 35.2 Å². The molecule has 1 saturated heterocycles. The SMILES string of the molecule is Nc1nc(C(F)F)nc(N2CCCN3c4ccccc4CC3C2)n1. The number of fused-ring (bicyclic) bond motifs is 3. The third-order valence-corrected chi connectivity index (χ3v) is 4.59. The Kier molecular flexibility index (Phi) is 3.66. The minimum Gasteiger partial charge on any atom is -0.368 e. The summed E-state index contributed by atoms with van der Waals surface area (Å²) < 4.78 is 25.9. The van der Waals surface area contributed by atoms with E-state index >= 15 is 0 Å². The van der Waals surface area contributed by atoms with Crippen molar-refractivity contribution < 1.29 is 8.78 Å². The lowest BCUT2D eigenvalue weighted by Gasteiger charge is -2.27. The number of halogens is 2. The molecule has 8 heteroatoms.